The molecule has 0 radical (unpaired) electrons. The van der Waals surface area contributed by atoms with Gasteiger partial charge in [0.1, 0.15) is 0 Å². The summed E-state index contributed by atoms with van der Waals surface area (Å²) in [5, 5.41) is 0. The summed E-state index contributed by atoms with van der Waals surface area (Å²) in [5.41, 5.74) is 9.83. The second kappa shape index (κ2) is 4.90. The van der Waals surface area contributed by atoms with Gasteiger partial charge in [0, 0.05) is 18.4 Å². The van der Waals surface area contributed by atoms with Crippen LogP contribution in [0.1, 0.15) is 22.7 Å². The molecule has 2 aromatic rings. The Bertz CT molecular complexity index is 434. The molecule has 0 aliphatic rings. The van der Waals surface area contributed by atoms with E-state index in [2.05, 4.69) is 36.2 Å². The molecule has 0 saturated carbocycles. The zero-order chi connectivity index (χ0) is 11.4. The highest BCUT2D eigenvalue weighted by molar-refractivity contribution is 5.25. The Kier molecular flexibility index (Phi) is 3.32. The van der Waals surface area contributed by atoms with Crippen LogP contribution < -0.4 is 5.73 Å². The zero-order valence-electron chi connectivity index (χ0n) is 9.43. The molecule has 1 aromatic heterocycles. The minimum absolute atomic E-state index is 0.0583. The molecule has 2 heteroatoms. The minimum atomic E-state index is 0.0583. The summed E-state index contributed by atoms with van der Waals surface area (Å²) in [6.07, 6.45) is 4.46. The van der Waals surface area contributed by atoms with Crippen molar-refractivity contribution in [2.45, 2.75) is 19.4 Å². The second-order valence-electron chi connectivity index (χ2n) is 4.08. The average Bonchev–Trinajstić information content (AvgIpc) is 2.31. The van der Waals surface area contributed by atoms with Crippen molar-refractivity contribution < 1.29 is 0 Å². The first kappa shape index (κ1) is 10.8. The van der Waals surface area contributed by atoms with E-state index in [1.807, 2.05) is 12.1 Å². The van der Waals surface area contributed by atoms with Crippen molar-refractivity contribution in [2.75, 3.05) is 0 Å². The summed E-state index contributed by atoms with van der Waals surface area (Å²) in [4.78, 5) is 4.00. The van der Waals surface area contributed by atoms with Gasteiger partial charge in [0.15, 0.2) is 0 Å². The van der Waals surface area contributed by atoms with Gasteiger partial charge >= 0.3 is 0 Å². The lowest BCUT2D eigenvalue weighted by molar-refractivity contribution is 0.721. The Morgan fingerprint density at radius 1 is 1.06 bits per heavy atom. The van der Waals surface area contributed by atoms with Gasteiger partial charge in [-0.1, -0.05) is 29.8 Å². The molecule has 2 rings (SSSR count). The summed E-state index contributed by atoms with van der Waals surface area (Å²) < 4.78 is 0. The van der Waals surface area contributed by atoms with Gasteiger partial charge in [0.25, 0.3) is 0 Å². The van der Waals surface area contributed by atoms with Gasteiger partial charge in [0.05, 0.1) is 0 Å². The molecule has 82 valence electrons. The summed E-state index contributed by atoms with van der Waals surface area (Å²) >= 11 is 0. The highest BCUT2D eigenvalue weighted by atomic mass is 14.6. The van der Waals surface area contributed by atoms with E-state index in [9.17, 15) is 0 Å². The summed E-state index contributed by atoms with van der Waals surface area (Å²) in [7, 11) is 0. The van der Waals surface area contributed by atoms with Gasteiger partial charge in [-0.2, -0.15) is 0 Å². The molecule has 2 N–H and O–H groups in total. The van der Waals surface area contributed by atoms with Gasteiger partial charge in [-0.05, 0) is 36.6 Å². The van der Waals surface area contributed by atoms with Crippen LogP contribution in [0.2, 0.25) is 0 Å². The number of aryl methyl sites for hydroxylation is 1. The Labute approximate surface area is 96.1 Å². The Morgan fingerprint density at radius 3 is 2.31 bits per heavy atom. The van der Waals surface area contributed by atoms with Crippen LogP contribution in [-0.4, -0.2) is 4.98 Å². The highest BCUT2D eigenvalue weighted by Crippen LogP contribution is 2.16. The van der Waals surface area contributed by atoms with Crippen LogP contribution >= 0.6 is 0 Å². The lowest BCUT2D eigenvalue weighted by Crippen LogP contribution is -2.13. The van der Waals surface area contributed by atoms with Gasteiger partial charge in [-0.15, -0.1) is 0 Å². The minimum Gasteiger partial charge on any atom is -0.324 e. The molecule has 0 spiro atoms. The predicted molar refractivity (Wildman–Crippen MR) is 66.0 cm³/mol. The second-order valence-corrected chi connectivity index (χ2v) is 4.08. The van der Waals surface area contributed by atoms with Crippen molar-refractivity contribution in [3.05, 3.63) is 65.5 Å². The summed E-state index contributed by atoms with van der Waals surface area (Å²) in [6, 6.07) is 12.5. The van der Waals surface area contributed by atoms with Gasteiger partial charge in [0.2, 0.25) is 0 Å². The molecule has 0 amide bonds. The van der Waals surface area contributed by atoms with Crippen LogP contribution in [-0.2, 0) is 6.42 Å². The van der Waals surface area contributed by atoms with Crippen molar-refractivity contribution in [2.24, 2.45) is 5.73 Å². The average molecular weight is 212 g/mol. The van der Waals surface area contributed by atoms with E-state index >= 15 is 0 Å². The molecule has 0 aliphatic carbocycles. The zero-order valence-corrected chi connectivity index (χ0v) is 9.43. The number of nitrogens with zero attached hydrogens (tertiary/aromatic N) is 1. The molecule has 0 unspecified atom stereocenters. The van der Waals surface area contributed by atoms with Gasteiger partial charge in [-0.25, -0.2) is 0 Å². The molecule has 1 heterocycles. The third-order valence-electron chi connectivity index (χ3n) is 2.71. The maximum atomic E-state index is 6.16. The quantitative estimate of drug-likeness (QED) is 0.849. The number of rotatable bonds is 3. The van der Waals surface area contributed by atoms with E-state index in [1.165, 1.54) is 16.7 Å². The maximum Gasteiger partial charge on any atom is 0.0335 e. The van der Waals surface area contributed by atoms with Crippen LogP contribution in [0.15, 0.2) is 48.8 Å². The fourth-order valence-corrected chi connectivity index (χ4v) is 1.70. The fraction of sp³-hybridized carbons (Fsp3) is 0.214. The smallest absolute Gasteiger partial charge is 0.0335 e. The third kappa shape index (κ3) is 2.67. The number of benzene rings is 1. The van der Waals surface area contributed by atoms with Crippen LogP contribution in [0, 0.1) is 6.92 Å². The van der Waals surface area contributed by atoms with Crippen molar-refractivity contribution in [1.82, 2.24) is 4.98 Å². The van der Waals surface area contributed by atoms with Crippen LogP contribution in [0.3, 0.4) is 0 Å². The number of pyridine rings is 1. The molecule has 0 fully saturated rings. The molecule has 1 aromatic carbocycles. The predicted octanol–water partition coefficient (Wildman–Crippen LogP) is 2.63. The fourth-order valence-electron chi connectivity index (χ4n) is 1.70. The Balaban J connectivity index is 2.09. The van der Waals surface area contributed by atoms with E-state index in [0.717, 1.165) is 6.42 Å². The topological polar surface area (TPSA) is 38.9 Å². The molecule has 1 atom stereocenters. The molecule has 0 aliphatic heterocycles. The van der Waals surface area contributed by atoms with Crippen molar-refractivity contribution in [3.8, 4) is 0 Å². The molecular formula is C14H16N2. The first-order chi connectivity index (χ1) is 7.75. The standard InChI is InChI=1S/C14H16N2/c1-11-2-4-13(5-3-11)14(15)10-12-6-8-16-9-7-12/h2-9,14H,10,15H2,1H3/t14-/m1/s1. The molecule has 0 saturated heterocycles. The Morgan fingerprint density at radius 2 is 1.69 bits per heavy atom. The van der Waals surface area contributed by atoms with Crippen LogP contribution in [0.5, 0.6) is 0 Å². The molecular weight excluding hydrogens is 196 g/mol. The van der Waals surface area contributed by atoms with Crippen molar-refractivity contribution in [3.63, 3.8) is 0 Å². The normalized spacial score (nSPS) is 12.4. The largest absolute Gasteiger partial charge is 0.324 e. The number of hydrogen-bond acceptors (Lipinski definition) is 2. The van der Waals surface area contributed by atoms with Crippen LogP contribution in [0.25, 0.3) is 0 Å². The first-order valence-corrected chi connectivity index (χ1v) is 5.47. The van der Waals surface area contributed by atoms with Crippen LogP contribution in [0.4, 0.5) is 0 Å². The summed E-state index contributed by atoms with van der Waals surface area (Å²) in [6.45, 7) is 2.08. The molecule has 0 bridgehead atoms. The SMILES string of the molecule is Cc1ccc([C@H](N)Cc2ccncc2)cc1. The third-order valence-corrected chi connectivity index (χ3v) is 2.71. The summed E-state index contributed by atoms with van der Waals surface area (Å²) in [5.74, 6) is 0. The van der Waals surface area contributed by atoms with Crippen molar-refractivity contribution >= 4 is 0 Å². The number of aromatic nitrogens is 1. The monoisotopic (exact) mass is 212 g/mol. The van der Waals surface area contributed by atoms with Crippen molar-refractivity contribution in [1.29, 1.82) is 0 Å². The van der Waals surface area contributed by atoms with E-state index in [4.69, 9.17) is 5.73 Å². The maximum absolute atomic E-state index is 6.16. The number of hydrogen-bond donors (Lipinski definition) is 1. The number of nitrogens with two attached hydrogens (primary N) is 1. The molecule has 16 heavy (non-hydrogen) atoms. The lowest BCUT2D eigenvalue weighted by Gasteiger charge is -2.12. The van der Waals surface area contributed by atoms with Gasteiger partial charge < -0.3 is 5.73 Å². The van der Waals surface area contributed by atoms with E-state index in [0.29, 0.717) is 0 Å². The first-order valence-electron chi connectivity index (χ1n) is 5.47. The van der Waals surface area contributed by atoms with E-state index in [-0.39, 0.29) is 6.04 Å². The lowest BCUT2D eigenvalue weighted by atomic mass is 10.00. The van der Waals surface area contributed by atoms with E-state index in [1.54, 1.807) is 12.4 Å². The van der Waals surface area contributed by atoms with E-state index < -0.39 is 0 Å². The van der Waals surface area contributed by atoms with Gasteiger partial charge in [-0.3, -0.25) is 4.98 Å². The highest BCUT2D eigenvalue weighted by Gasteiger charge is 2.06. The molecule has 2 nitrogen and oxygen atoms in total. The Hall–Kier alpha value is -1.67.